The van der Waals surface area contributed by atoms with Crippen LogP contribution in [0.15, 0.2) is 0 Å². The van der Waals surface area contributed by atoms with Crippen LogP contribution in [0.3, 0.4) is 0 Å². The summed E-state index contributed by atoms with van der Waals surface area (Å²) in [5.74, 6) is 0. The number of unbranched alkanes of at least 4 members (excludes halogenated alkanes) is 2. The van der Waals surface area contributed by atoms with E-state index in [-0.39, 0.29) is 6.54 Å². The molecular weight excluding hydrogens is 154 g/mol. The minimum absolute atomic E-state index is 0.264. The molecule has 0 aromatic heterocycles. The van der Waals surface area contributed by atoms with Crippen LogP contribution in [0.4, 0.5) is 0 Å². The highest BCUT2D eigenvalue weighted by Crippen LogP contribution is 1.91. The van der Waals surface area contributed by atoms with Crippen molar-refractivity contribution in [1.29, 1.82) is 0 Å². The normalized spacial score (nSPS) is 11.8. The number of rotatable bonds is 5. The smallest absolute Gasteiger partial charge is 0.190 e. The summed E-state index contributed by atoms with van der Waals surface area (Å²) in [5, 5.41) is 0. The summed E-state index contributed by atoms with van der Waals surface area (Å²) in [6.07, 6.45) is 2.70. The molecule has 4 nitrogen and oxygen atoms in total. The first-order chi connectivity index (χ1) is 4.56. The topological polar surface area (TPSA) is 66.1 Å². The molecule has 1 N–H and O–H groups in total. The lowest BCUT2D eigenvalue weighted by Crippen LogP contribution is -2.22. The van der Waals surface area contributed by atoms with E-state index in [9.17, 15) is 13.0 Å². The molecule has 0 aliphatic rings. The number of nitrogens with one attached hydrogen (secondary N) is 1. The predicted molar refractivity (Wildman–Crippen MR) is 37.1 cm³/mol. The molecule has 0 saturated carbocycles. The van der Waals surface area contributed by atoms with Gasteiger partial charge in [0.05, 0.1) is 0 Å². The molecule has 0 heterocycles. The van der Waals surface area contributed by atoms with Crippen LogP contribution in [0.5, 0.6) is 0 Å². The summed E-state index contributed by atoms with van der Waals surface area (Å²) >= 11 is 0. The number of hydrogen-bond acceptors (Lipinski definition) is 2. The van der Waals surface area contributed by atoms with E-state index in [2.05, 4.69) is 0 Å². The van der Waals surface area contributed by atoms with Crippen molar-refractivity contribution in [2.45, 2.75) is 26.2 Å². The monoisotopic (exact) mass is 166 g/mol. The fourth-order valence-electron chi connectivity index (χ4n) is 0.572. The minimum Gasteiger partial charge on any atom is -0.190 e. The first-order valence-corrected chi connectivity index (χ1v) is 4.67. The van der Waals surface area contributed by atoms with Crippen molar-refractivity contribution in [3.8, 4) is 0 Å². The molecule has 10 heavy (non-hydrogen) atoms. The van der Waals surface area contributed by atoms with Crippen molar-refractivity contribution < 1.29 is 13.0 Å². The molecule has 0 unspecified atom stereocenters. The quantitative estimate of drug-likeness (QED) is 0.602. The molecule has 0 bridgehead atoms. The van der Waals surface area contributed by atoms with Crippen molar-refractivity contribution in [2.75, 3.05) is 6.54 Å². The third-order valence-corrected chi connectivity index (χ3v) is 1.62. The van der Waals surface area contributed by atoms with Crippen LogP contribution < -0.4 is 4.72 Å². The zero-order valence-electron chi connectivity index (χ0n) is 5.96. The molecule has 0 amide bonds. The van der Waals surface area contributed by atoms with Crippen LogP contribution >= 0.6 is 0 Å². The van der Waals surface area contributed by atoms with Crippen molar-refractivity contribution in [2.24, 2.45) is 0 Å². The SMILES string of the molecule is CCCCCNS([O])(=O)=O. The van der Waals surface area contributed by atoms with Gasteiger partial charge in [0, 0.05) is 6.54 Å². The maximum Gasteiger partial charge on any atom is 0.363 e. The number of hydrogen-bond donors (Lipinski definition) is 1. The second-order valence-electron chi connectivity index (χ2n) is 2.06. The van der Waals surface area contributed by atoms with Gasteiger partial charge in [0.15, 0.2) is 0 Å². The van der Waals surface area contributed by atoms with Crippen molar-refractivity contribution in [1.82, 2.24) is 4.72 Å². The first-order valence-electron chi connectivity index (χ1n) is 3.26. The Balaban J connectivity index is 3.21. The largest absolute Gasteiger partial charge is 0.363 e. The van der Waals surface area contributed by atoms with Gasteiger partial charge in [0.25, 0.3) is 0 Å². The summed E-state index contributed by atoms with van der Waals surface area (Å²) in [7, 11) is -4.20. The Morgan fingerprint density at radius 1 is 1.30 bits per heavy atom. The van der Waals surface area contributed by atoms with Gasteiger partial charge >= 0.3 is 10.3 Å². The zero-order chi connectivity index (χ0) is 8.04. The maximum absolute atomic E-state index is 9.93. The van der Waals surface area contributed by atoms with Gasteiger partial charge in [-0.2, -0.15) is 13.1 Å². The molecule has 0 saturated heterocycles. The lowest BCUT2D eigenvalue weighted by atomic mass is 10.3. The van der Waals surface area contributed by atoms with Crippen LogP contribution in [0.2, 0.25) is 0 Å². The van der Waals surface area contributed by atoms with Gasteiger partial charge in [-0.25, -0.2) is 0 Å². The average molecular weight is 166 g/mol. The maximum atomic E-state index is 9.93. The molecule has 5 heteroatoms. The van der Waals surface area contributed by atoms with E-state index in [0.717, 1.165) is 19.3 Å². The van der Waals surface area contributed by atoms with Gasteiger partial charge in [0.2, 0.25) is 0 Å². The highest BCUT2D eigenvalue weighted by Gasteiger charge is 2.01. The van der Waals surface area contributed by atoms with Crippen LogP contribution in [0, 0.1) is 0 Å². The van der Waals surface area contributed by atoms with E-state index in [4.69, 9.17) is 0 Å². The Bertz CT molecular complexity index is 164. The van der Waals surface area contributed by atoms with E-state index < -0.39 is 10.3 Å². The molecule has 61 valence electrons. The second-order valence-corrected chi connectivity index (χ2v) is 3.25. The highest BCUT2D eigenvalue weighted by molar-refractivity contribution is 7.83. The Morgan fingerprint density at radius 3 is 2.30 bits per heavy atom. The average Bonchev–Trinajstić information content (AvgIpc) is 1.78. The summed E-state index contributed by atoms with van der Waals surface area (Å²) in [5.41, 5.74) is 0. The van der Waals surface area contributed by atoms with Gasteiger partial charge in [0.1, 0.15) is 0 Å². The Morgan fingerprint density at radius 2 is 1.90 bits per heavy atom. The fourth-order valence-corrected chi connectivity index (χ4v) is 0.967. The molecule has 0 spiro atoms. The third-order valence-electron chi connectivity index (χ3n) is 1.06. The lowest BCUT2D eigenvalue weighted by Gasteiger charge is -1.96. The minimum atomic E-state index is -4.20. The van der Waals surface area contributed by atoms with E-state index >= 15 is 0 Å². The van der Waals surface area contributed by atoms with Crippen molar-refractivity contribution >= 4 is 10.3 Å². The van der Waals surface area contributed by atoms with Gasteiger partial charge in [-0.1, -0.05) is 24.3 Å². The Labute approximate surface area is 61.5 Å². The third kappa shape index (κ3) is 7.87. The van der Waals surface area contributed by atoms with E-state index in [0.29, 0.717) is 0 Å². The fraction of sp³-hybridized carbons (Fsp3) is 1.00. The molecule has 0 fully saturated rings. The molecular formula is C5H12NO3S. The molecule has 0 rings (SSSR count). The van der Waals surface area contributed by atoms with Gasteiger partial charge in [-0.05, 0) is 6.42 Å². The summed E-state index contributed by atoms with van der Waals surface area (Å²) in [6, 6.07) is 0. The van der Waals surface area contributed by atoms with E-state index in [1.54, 1.807) is 0 Å². The molecule has 0 aliphatic carbocycles. The van der Waals surface area contributed by atoms with Gasteiger partial charge in [-0.3, -0.25) is 0 Å². The van der Waals surface area contributed by atoms with E-state index in [1.807, 2.05) is 11.6 Å². The second kappa shape index (κ2) is 4.65. The van der Waals surface area contributed by atoms with Crippen LogP contribution in [0.25, 0.3) is 0 Å². The molecule has 1 radical (unpaired) electrons. The summed E-state index contributed by atoms with van der Waals surface area (Å²) in [4.78, 5) is 0. The van der Waals surface area contributed by atoms with Gasteiger partial charge < -0.3 is 0 Å². The van der Waals surface area contributed by atoms with E-state index in [1.165, 1.54) is 0 Å². The highest BCUT2D eigenvalue weighted by atomic mass is 32.2. The summed E-state index contributed by atoms with van der Waals surface area (Å²) in [6.45, 7) is 2.27. The summed E-state index contributed by atoms with van der Waals surface area (Å²) < 4.78 is 31.7. The van der Waals surface area contributed by atoms with Crippen LogP contribution in [-0.4, -0.2) is 15.0 Å². The van der Waals surface area contributed by atoms with Crippen LogP contribution in [0.1, 0.15) is 26.2 Å². The van der Waals surface area contributed by atoms with Crippen molar-refractivity contribution in [3.05, 3.63) is 0 Å². The van der Waals surface area contributed by atoms with Crippen LogP contribution in [-0.2, 0) is 14.9 Å². The molecule has 0 atom stereocenters. The molecule has 0 aromatic carbocycles. The standard InChI is InChI=1S/C5H12NO3S/c1-2-3-4-5-6-10(7,8)9/h6H,2-5H2,1H3. The molecule has 0 aliphatic heterocycles. The Hall–Kier alpha value is -0.130. The Kier molecular flexibility index (Phi) is 4.59. The molecule has 0 aromatic rings. The predicted octanol–water partition coefficient (Wildman–Crippen LogP) is 0.441. The zero-order valence-corrected chi connectivity index (χ0v) is 6.78. The first kappa shape index (κ1) is 9.87. The lowest BCUT2D eigenvalue weighted by molar-refractivity contribution is 0.401. The van der Waals surface area contributed by atoms with Gasteiger partial charge in [-0.15, -0.1) is 0 Å². The van der Waals surface area contributed by atoms with Crippen molar-refractivity contribution in [3.63, 3.8) is 0 Å².